The molecule has 0 saturated carbocycles. The highest BCUT2D eigenvalue weighted by atomic mass is 16.3. The SMILES string of the molecule is NC(=O)c1cccc(CN2[C@H]3CC[C@H]2CC(O)C3)c1. The molecule has 2 aliphatic rings. The van der Waals surface area contributed by atoms with Crippen LogP contribution in [0.25, 0.3) is 0 Å². The van der Waals surface area contributed by atoms with Crippen molar-refractivity contribution in [1.29, 1.82) is 0 Å². The predicted molar refractivity (Wildman–Crippen MR) is 72.6 cm³/mol. The fourth-order valence-corrected chi connectivity index (χ4v) is 3.54. The Hall–Kier alpha value is -1.39. The summed E-state index contributed by atoms with van der Waals surface area (Å²) in [6, 6.07) is 8.54. The van der Waals surface area contributed by atoms with Crippen LogP contribution in [0.1, 0.15) is 41.6 Å². The molecule has 0 aromatic heterocycles. The van der Waals surface area contributed by atoms with Gasteiger partial charge in [0.15, 0.2) is 0 Å². The average molecular weight is 260 g/mol. The van der Waals surface area contributed by atoms with Crippen molar-refractivity contribution in [1.82, 2.24) is 4.90 Å². The molecule has 1 amide bonds. The van der Waals surface area contributed by atoms with E-state index in [4.69, 9.17) is 5.73 Å². The topological polar surface area (TPSA) is 66.6 Å². The van der Waals surface area contributed by atoms with E-state index >= 15 is 0 Å². The minimum absolute atomic E-state index is 0.134. The number of carbonyl (C=O) groups is 1. The Balaban J connectivity index is 1.75. The van der Waals surface area contributed by atoms with Gasteiger partial charge in [0, 0.05) is 24.2 Å². The van der Waals surface area contributed by atoms with E-state index < -0.39 is 0 Å². The fraction of sp³-hybridized carbons (Fsp3) is 0.533. The molecular formula is C15H20N2O2. The molecule has 0 radical (unpaired) electrons. The van der Waals surface area contributed by atoms with Crippen molar-refractivity contribution >= 4 is 5.91 Å². The molecule has 19 heavy (non-hydrogen) atoms. The second-order valence-corrected chi connectivity index (χ2v) is 5.75. The summed E-state index contributed by atoms with van der Waals surface area (Å²) in [7, 11) is 0. The van der Waals surface area contributed by atoms with E-state index in [0.717, 1.165) is 24.9 Å². The third-order valence-electron chi connectivity index (χ3n) is 4.44. The number of fused-ring (bicyclic) bond motifs is 2. The molecule has 3 N–H and O–H groups in total. The number of hydrogen-bond acceptors (Lipinski definition) is 3. The van der Waals surface area contributed by atoms with Gasteiger partial charge in [-0.15, -0.1) is 0 Å². The fourth-order valence-electron chi connectivity index (χ4n) is 3.54. The van der Waals surface area contributed by atoms with Gasteiger partial charge >= 0.3 is 0 Å². The number of rotatable bonds is 3. The van der Waals surface area contributed by atoms with Crippen molar-refractivity contribution < 1.29 is 9.90 Å². The lowest BCUT2D eigenvalue weighted by molar-refractivity contribution is 0.0310. The summed E-state index contributed by atoms with van der Waals surface area (Å²) in [5, 5.41) is 9.80. The van der Waals surface area contributed by atoms with Crippen LogP contribution in [0.2, 0.25) is 0 Å². The van der Waals surface area contributed by atoms with E-state index in [0.29, 0.717) is 17.6 Å². The zero-order valence-electron chi connectivity index (χ0n) is 11.0. The number of nitrogens with zero attached hydrogens (tertiary/aromatic N) is 1. The molecule has 1 aromatic rings. The normalized spacial score (nSPS) is 30.5. The van der Waals surface area contributed by atoms with Gasteiger partial charge in [0.2, 0.25) is 5.91 Å². The third kappa shape index (κ3) is 2.51. The van der Waals surface area contributed by atoms with Gasteiger partial charge in [-0.05, 0) is 43.4 Å². The maximum atomic E-state index is 11.2. The molecule has 102 valence electrons. The summed E-state index contributed by atoms with van der Waals surface area (Å²) < 4.78 is 0. The predicted octanol–water partition coefficient (Wildman–Crippen LogP) is 1.27. The molecule has 2 saturated heterocycles. The Kier molecular flexibility index (Phi) is 3.29. The monoisotopic (exact) mass is 260 g/mol. The highest BCUT2D eigenvalue weighted by molar-refractivity contribution is 5.92. The quantitative estimate of drug-likeness (QED) is 0.860. The Morgan fingerprint density at radius 1 is 1.32 bits per heavy atom. The molecular weight excluding hydrogens is 240 g/mol. The third-order valence-corrected chi connectivity index (χ3v) is 4.44. The molecule has 1 aromatic carbocycles. The largest absolute Gasteiger partial charge is 0.393 e. The van der Waals surface area contributed by atoms with Crippen LogP contribution in [0.4, 0.5) is 0 Å². The first kappa shape index (κ1) is 12.6. The van der Waals surface area contributed by atoms with Crippen LogP contribution in [0.5, 0.6) is 0 Å². The average Bonchev–Trinajstić information content (AvgIpc) is 2.62. The van der Waals surface area contributed by atoms with Gasteiger partial charge in [0.1, 0.15) is 0 Å². The molecule has 4 heteroatoms. The van der Waals surface area contributed by atoms with Gasteiger partial charge < -0.3 is 10.8 Å². The van der Waals surface area contributed by atoms with Crippen molar-refractivity contribution in [3.8, 4) is 0 Å². The number of carbonyl (C=O) groups excluding carboxylic acids is 1. The standard InChI is InChI=1S/C15H20N2O2/c16-15(19)11-3-1-2-10(6-11)9-17-12-4-5-13(17)8-14(18)7-12/h1-3,6,12-14,18H,4-5,7-9H2,(H2,16,19)/t12-,13-/m0/s1. The van der Waals surface area contributed by atoms with Gasteiger partial charge in [-0.1, -0.05) is 12.1 Å². The van der Waals surface area contributed by atoms with E-state index in [1.807, 2.05) is 18.2 Å². The summed E-state index contributed by atoms with van der Waals surface area (Å²) in [5.74, 6) is -0.376. The lowest BCUT2D eigenvalue weighted by Crippen LogP contribution is -2.44. The first-order valence-corrected chi connectivity index (χ1v) is 6.96. The number of hydrogen-bond donors (Lipinski definition) is 2. The highest BCUT2D eigenvalue weighted by Crippen LogP contribution is 2.36. The summed E-state index contributed by atoms with van der Waals surface area (Å²) in [4.78, 5) is 13.7. The van der Waals surface area contributed by atoms with Gasteiger partial charge in [-0.25, -0.2) is 0 Å². The maximum Gasteiger partial charge on any atom is 0.248 e. The van der Waals surface area contributed by atoms with E-state index in [1.54, 1.807) is 6.07 Å². The number of aliphatic hydroxyl groups excluding tert-OH is 1. The molecule has 4 nitrogen and oxygen atoms in total. The van der Waals surface area contributed by atoms with Crippen LogP contribution in [0, 0.1) is 0 Å². The summed E-state index contributed by atoms with van der Waals surface area (Å²) in [6.45, 7) is 0.850. The number of piperidine rings is 1. The number of nitrogens with two attached hydrogens (primary N) is 1. The molecule has 0 aliphatic carbocycles. The van der Waals surface area contributed by atoms with Gasteiger partial charge in [0.05, 0.1) is 6.10 Å². The molecule has 2 aliphatic heterocycles. The maximum absolute atomic E-state index is 11.2. The summed E-state index contributed by atoms with van der Waals surface area (Å²) in [6.07, 6.45) is 3.98. The van der Waals surface area contributed by atoms with Crippen LogP contribution < -0.4 is 5.73 Å². The van der Waals surface area contributed by atoms with Gasteiger partial charge in [0.25, 0.3) is 0 Å². The van der Waals surface area contributed by atoms with Crippen molar-refractivity contribution in [3.05, 3.63) is 35.4 Å². The zero-order valence-corrected chi connectivity index (χ0v) is 11.0. The lowest BCUT2D eigenvalue weighted by Gasteiger charge is -2.37. The van der Waals surface area contributed by atoms with Crippen molar-refractivity contribution in [2.75, 3.05) is 0 Å². The van der Waals surface area contributed by atoms with E-state index in [-0.39, 0.29) is 12.0 Å². The minimum atomic E-state index is -0.376. The Bertz CT molecular complexity index is 475. The van der Waals surface area contributed by atoms with E-state index in [9.17, 15) is 9.90 Å². The first-order chi connectivity index (χ1) is 9.13. The van der Waals surface area contributed by atoms with Crippen molar-refractivity contribution in [3.63, 3.8) is 0 Å². The summed E-state index contributed by atoms with van der Waals surface area (Å²) in [5.41, 5.74) is 7.02. The van der Waals surface area contributed by atoms with Crippen LogP contribution in [-0.2, 0) is 6.54 Å². The molecule has 2 atom stereocenters. The van der Waals surface area contributed by atoms with Crippen molar-refractivity contribution in [2.45, 2.75) is 50.4 Å². The van der Waals surface area contributed by atoms with Gasteiger partial charge in [-0.2, -0.15) is 0 Å². The second-order valence-electron chi connectivity index (χ2n) is 5.75. The van der Waals surface area contributed by atoms with E-state index in [2.05, 4.69) is 4.90 Å². The smallest absolute Gasteiger partial charge is 0.248 e. The van der Waals surface area contributed by atoms with Crippen LogP contribution in [0.15, 0.2) is 24.3 Å². The lowest BCUT2D eigenvalue weighted by atomic mass is 9.99. The Morgan fingerprint density at radius 3 is 2.63 bits per heavy atom. The minimum Gasteiger partial charge on any atom is -0.393 e. The number of aliphatic hydroxyl groups is 1. The highest BCUT2D eigenvalue weighted by Gasteiger charge is 2.39. The first-order valence-electron chi connectivity index (χ1n) is 6.96. The second kappa shape index (κ2) is 4.94. The van der Waals surface area contributed by atoms with Crippen molar-refractivity contribution in [2.24, 2.45) is 5.73 Å². The number of benzene rings is 1. The Morgan fingerprint density at radius 2 is 2.00 bits per heavy atom. The Labute approximate surface area is 113 Å². The molecule has 3 rings (SSSR count). The molecule has 2 bridgehead atoms. The van der Waals surface area contributed by atoms with Gasteiger partial charge in [-0.3, -0.25) is 9.69 Å². The molecule has 0 spiro atoms. The molecule has 2 fully saturated rings. The van der Waals surface area contributed by atoms with E-state index in [1.165, 1.54) is 12.8 Å². The molecule has 0 unspecified atom stereocenters. The zero-order chi connectivity index (χ0) is 13.4. The van der Waals surface area contributed by atoms with Crippen LogP contribution >= 0.6 is 0 Å². The summed E-state index contributed by atoms with van der Waals surface area (Å²) >= 11 is 0. The number of primary amides is 1. The number of amides is 1. The van der Waals surface area contributed by atoms with Crippen LogP contribution in [-0.4, -0.2) is 34.1 Å². The van der Waals surface area contributed by atoms with Crippen LogP contribution in [0.3, 0.4) is 0 Å². The molecule has 2 heterocycles.